The van der Waals surface area contributed by atoms with Gasteiger partial charge in [0.05, 0.1) is 22.9 Å². The summed E-state index contributed by atoms with van der Waals surface area (Å²) < 4.78 is 37.2. The first-order valence-electron chi connectivity index (χ1n) is 8.73. The van der Waals surface area contributed by atoms with Gasteiger partial charge in [-0.25, -0.2) is 8.42 Å². The number of hydrogen-bond acceptors (Lipinski definition) is 5. The van der Waals surface area contributed by atoms with Gasteiger partial charge in [0.25, 0.3) is 0 Å². The van der Waals surface area contributed by atoms with Gasteiger partial charge >= 0.3 is 0 Å². The van der Waals surface area contributed by atoms with Crippen LogP contribution in [0.25, 0.3) is 11.0 Å². The summed E-state index contributed by atoms with van der Waals surface area (Å²) in [5, 5.41) is 0.931. The number of para-hydroxylation sites is 1. The maximum absolute atomic E-state index is 13.0. The third-order valence-electron chi connectivity index (χ3n) is 4.65. The molecule has 0 spiro atoms. The number of halogens is 1. The number of fused-ring (bicyclic) bond motifs is 1. The molecule has 1 atom stereocenters. The maximum Gasteiger partial charge on any atom is 0.206 e. The fraction of sp³-hybridized carbons (Fsp3) is 0.0909. The number of furan rings is 1. The molecular weight excluding hydrogens is 410 g/mol. The molecule has 0 fully saturated rings. The van der Waals surface area contributed by atoms with Crippen molar-refractivity contribution in [1.82, 2.24) is 0 Å². The van der Waals surface area contributed by atoms with E-state index in [-0.39, 0.29) is 22.2 Å². The molecule has 5 nitrogen and oxygen atoms in total. The number of hydrogen-bond donors (Lipinski definition) is 1. The van der Waals surface area contributed by atoms with Gasteiger partial charge in [-0.15, -0.1) is 12.4 Å². The molecule has 0 saturated carbocycles. The van der Waals surface area contributed by atoms with Crippen LogP contribution in [0.3, 0.4) is 0 Å². The van der Waals surface area contributed by atoms with Gasteiger partial charge in [-0.2, -0.15) is 0 Å². The molecule has 4 aromatic rings. The highest BCUT2D eigenvalue weighted by Gasteiger charge is 2.23. The molecule has 150 valence electrons. The Morgan fingerprint density at radius 3 is 2.28 bits per heavy atom. The summed E-state index contributed by atoms with van der Waals surface area (Å²) in [4.78, 5) is 0.379. The van der Waals surface area contributed by atoms with Gasteiger partial charge < -0.3 is 14.9 Å². The van der Waals surface area contributed by atoms with Crippen LogP contribution < -0.4 is 10.5 Å². The lowest BCUT2D eigenvalue weighted by Crippen LogP contribution is -2.13. The second kappa shape index (κ2) is 8.29. The molecule has 4 rings (SSSR count). The van der Waals surface area contributed by atoms with E-state index >= 15 is 0 Å². The van der Waals surface area contributed by atoms with Crippen molar-refractivity contribution < 1.29 is 17.6 Å². The largest absolute Gasteiger partial charge is 0.496 e. The molecule has 29 heavy (non-hydrogen) atoms. The van der Waals surface area contributed by atoms with Crippen LogP contribution in [0.5, 0.6) is 5.75 Å². The summed E-state index contributed by atoms with van der Waals surface area (Å²) >= 11 is 0. The standard InChI is InChI=1S/C22H19NO4S.ClH/c1-26-20-12-11-17(28(24,25)16-8-3-2-4-9-16)14-18(20)22(23)21-13-15-7-5-6-10-19(15)27-21;/h2-14,22H,23H2,1H3;1H. The number of nitrogens with two attached hydrogens (primary N) is 1. The van der Waals surface area contributed by atoms with E-state index in [0.29, 0.717) is 17.1 Å². The van der Waals surface area contributed by atoms with Crippen molar-refractivity contribution in [1.29, 1.82) is 0 Å². The van der Waals surface area contributed by atoms with Gasteiger partial charge in [0.2, 0.25) is 9.84 Å². The van der Waals surface area contributed by atoms with Gasteiger partial charge in [0, 0.05) is 10.9 Å². The summed E-state index contributed by atoms with van der Waals surface area (Å²) in [6, 6.07) is 21.8. The molecule has 2 N–H and O–H groups in total. The molecule has 0 radical (unpaired) electrons. The molecule has 0 aliphatic heterocycles. The predicted molar refractivity (Wildman–Crippen MR) is 114 cm³/mol. The van der Waals surface area contributed by atoms with Crippen molar-refractivity contribution in [2.75, 3.05) is 7.11 Å². The minimum atomic E-state index is -3.67. The minimum Gasteiger partial charge on any atom is -0.496 e. The molecular formula is C22H20ClNO4S. The summed E-state index contributed by atoms with van der Waals surface area (Å²) in [6.07, 6.45) is 0. The molecule has 1 aromatic heterocycles. The number of benzene rings is 3. The first-order chi connectivity index (χ1) is 13.5. The van der Waals surface area contributed by atoms with Crippen LogP contribution in [0.15, 0.2) is 93.1 Å². The molecule has 3 aromatic carbocycles. The summed E-state index contributed by atoms with van der Waals surface area (Å²) in [6.45, 7) is 0. The molecule has 0 aliphatic carbocycles. The van der Waals surface area contributed by atoms with E-state index < -0.39 is 15.9 Å². The lowest BCUT2D eigenvalue weighted by atomic mass is 10.0. The van der Waals surface area contributed by atoms with Crippen LogP contribution in [0, 0.1) is 0 Å². The zero-order valence-corrected chi connectivity index (χ0v) is 17.2. The third-order valence-corrected chi connectivity index (χ3v) is 6.42. The van der Waals surface area contributed by atoms with E-state index in [1.54, 1.807) is 42.5 Å². The van der Waals surface area contributed by atoms with E-state index in [4.69, 9.17) is 14.9 Å². The Morgan fingerprint density at radius 1 is 0.897 bits per heavy atom. The Morgan fingerprint density at radius 2 is 1.59 bits per heavy atom. The number of sulfone groups is 1. The van der Waals surface area contributed by atoms with Gasteiger partial charge in [0.15, 0.2) is 0 Å². The smallest absolute Gasteiger partial charge is 0.206 e. The Balaban J connectivity index is 0.00000240. The predicted octanol–water partition coefficient (Wildman–Crippen LogP) is 4.74. The maximum atomic E-state index is 13.0. The Hall–Kier alpha value is -2.80. The SMILES string of the molecule is COc1ccc(S(=O)(=O)c2ccccc2)cc1C(N)c1cc2ccccc2o1.Cl. The van der Waals surface area contributed by atoms with Gasteiger partial charge in [-0.1, -0.05) is 36.4 Å². The van der Waals surface area contributed by atoms with Crippen molar-refractivity contribution in [2.45, 2.75) is 15.8 Å². The minimum absolute atomic E-state index is 0. The van der Waals surface area contributed by atoms with Crippen molar-refractivity contribution in [3.63, 3.8) is 0 Å². The first-order valence-corrected chi connectivity index (χ1v) is 10.2. The monoisotopic (exact) mass is 429 g/mol. The second-order valence-electron chi connectivity index (χ2n) is 6.38. The van der Waals surface area contributed by atoms with Gasteiger partial charge in [-0.3, -0.25) is 0 Å². The molecule has 7 heteroatoms. The normalized spacial score (nSPS) is 12.3. The van der Waals surface area contributed by atoms with Crippen LogP contribution in [-0.4, -0.2) is 15.5 Å². The number of ether oxygens (including phenoxy) is 1. The van der Waals surface area contributed by atoms with E-state index in [0.717, 1.165) is 11.0 Å². The third kappa shape index (κ3) is 3.87. The zero-order chi connectivity index (χ0) is 19.7. The van der Waals surface area contributed by atoms with E-state index in [2.05, 4.69) is 0 Å². The molecule has 0 bridgehead atoms. The highest BCUT2D eigenvalue weighted by atomic mass is 35.5. The molecule has 0 saturated heterocycles. The number of methoxy groups -OCH3 is 1. The fourth-order valence-corrected chi connectivity index (χ4v) is 4.48. The summed E-state index contributed by atoms with van der Waals surface area (Å²) in [7, 11) is -2.15. The van der Waals surface area contributed by atoms with Crippen LogP contribution in [0.4, 0.5) is 0 Å². The van der Waals surface area contributed by atoms with Gasteiger partial charge in [-0.05, 0) is 42.5 Å². The fourth-order valence-electron chi connectivity index (χ4n) is 3.17. The average Bonchev–Trinajstić information content (AvgIpc) is 3.17. The molecule has 1 heterocycles. The lowest BCUT2D eigenvalue weighted by Gasteiger charge is -2.15. The van der Waals surface area contributed by atoms with E-state index in [9.17, 15) is 8.42 Å². The Labute approximate surface area is 175 Å². The molecule has 0 amide bonds. The van der Waals surface area contributed by atoms with E-state index in [1.165, 1.54) is 13.2 Å². The van der Waals surface area contributed by atoms with Crippen LogP contribution in [0.2, 0.25) is 0 Å². The van der Waals surface area contributed by atoms with Crippen molar-refractivity contribution >= 4 is 33.2 Å². The van der Waals surface area contributed by atoms with Crippen LogP contribution in [-0.2, 0) is 9.84 Å². The van der Waals surface area contributed by atoms with Gasteiger partial charge in [0.1, 0.15) is 17.1 Å². The summed E-state index contributed by atoms with van der Waals surface area (Å²) in [5.74, 6) is 1.04. The van der Waals surface area contributed by atoms with Crippen molar-refractivity contribution in [3.8, 4) is 5.75 Å². The number of rotatable bonds is 5. The molecule has 1 unspecified atom stereocenters. The van der Waals surface area contributed by atoms with Crippen LogP contribution in [0.1, 0.15) is 17.4 Å². The highest BCUT2D eigenvalue weighted by Crippen LogP contribution is 2.34. The highest BCUT2D eigenvalue weighted by molar-refractivity contribution is 7.91. The Bertz CT molecular complexity index is 1200. The van der Waals surface area contributed by atoms with Crippen molar-refractivity contribution in [2.24, 2.45) is 5.73 Å². The Kier molecular flexibility index (Phi) is 5.98. The average molecular weight is 430 g/mol. The zero-order valence-electron chi connectivity index (χ0n) is 15.6. The topological polar surface area (TPSA) is 82.5 Å². The van der Waals surface area contributed by atoms with Crippen LogP contribution >= 0.6 is 12.4 Å². The quantitative estimate of drug-likeness (QED) is 0.495. The summed E-state index contributed by atoms with van der Waals surface area (Å²) in [5.41, 5.74) is 7.70. The molecule has 0 aliphatic rings. The second-order valence-corrected chi connectivity index (χ2v) is 8.33. The first kappa shape index (κ1) is 20.9. The van der Waals surface area contributed by atoms with Crippen molar-refractivity contribution in [3.05, 3.63) is 90.2 Å². The lowest BCUT2D eigenvalue weighted by molar-refractivity contribution is 0.404. The van der Waals surface area contributed by atoms with E-state index in [1.807, 2.05) is 30.3 Å².